The second kappa shape index (κ2) is 10.1. The molecule has 176 valence electrons. The SMILES string of the molecule is CCC(Sc1nnnn1-c1ccccc1)C(=O)Nc1ccc(S(=O)(=O)Nc2cc(C)on2)cc1. The van der Waals surface area contributed by atoms with Crippen molar-refractivity contribution in [1.82, 2.24) is 25.4 Å². The number of aryl methyl sites for hydroxylation is 1. The third-order valence-electron chi connectivity index (χ3n) is 4.65. The van der Waals surface area contributed by atoms with E-state index in [1.165, 1.54) is 42.1 Å². The van der Waals surface area contributed by atoms with Gasteiger partial charge in [-0.15, -0.1) is 5.10 Å². The van der Waals surface area contributed by atoms with E-state index in [0.717, 1.165) is 5.69 Å². The fourth-order valence-corrected chi connectivity index (χ4v) is 4.88. The van der Waals surface area contributed by atoms with Crippen LogP contribution >= 0.6 is 11.8 Å². The number of para-hydroxylation sites is 1. The molecule has 13 heteroatoms. The van der Waals surface area contributed by atoms with E-state index in [2.05, 4.69) is 30.7 Å². The minimum atomic E-state index is -3.85. The van der Waals surface area contributed by atoms with Gasteiger partial charge in [-0.1, -0.05) is 42.0 Å². The number of carbonyl (C=O) groups excluding carboxylic acids is 1. The Labute approximate surface area is 200 Å². The van der Waals surface area contributed by atoms with Gasteiger partial charge in [0.25, 0.3) is 10.0 Å². The van der Waals surface area contributed by atoms with Crippen LogP contribution in [0.2, 0.25) is 0 Å². The van der Waals surface area contributed by atoms with Gasteiger partial charge in [-0.3, -0.25) is 9.52 Å². The summed E-state index contributed by atoms with van der Waals surface area (Å²) in [6.07, 6.45) is 0.533. The summed E-state index contributed by atoms with van der Waals surface area (Å²) in [7, 11) is -3.85. The van der Waals surface area contributed by atoms with Crippen LogP contribution in [0.4, 0.5) is 11.5 Å². The zero-order valence-electron chi connectivity index (χ0n) is 18.2. The fourth-order valence-electron chi connectivity index (χ4n) is 2.98. The van der Waals surface area contributed by atoms with Gasteiger partial charge in [0.1, 0.15) is 5.76 Å². The summed E-state index contributed by atoms with van der Waals surface area (Å²) in [5, 5.41) is 18.3. The van der Waals surface area contributed by atoms with Gasteiger partial charge >= 0.3 is 0 Å². The van der Waals surface area contributed by atoms with Gasteiger partial charge in [0.15, 0.2) is 5.82 Å². The highest BCUT2D eigenvalue weighted by molar-refractivity contribution is 8.00. The van der Waals surface area contributed by atoms with E-state index in [1.807, 2.05) is 37.3 Å². The number of carbonyl (C=O) groups is 1. The molecule has 2 aromatic heterocycles. The van der Waals surface area contributed by atoms with Crippen molar-refractivity contribution in [2.45, 2.75) is 35.6 Å². The number of tetrazole rings is 1. The molecule has 0 spiro atoms. The van der Waals surface area contributed by atoms with Crippen LogP contribution in [0.1, 0.15) is 19.1 Å². The van der Waals surface area contributed by atoms with Crippen molar-refractivity contribution in [3.8, 4) is 5.69 Å². The summed E-state index contributed by atoms with van der Waals surface area (Å²) >= 11 is 1.25. The van der Waals surface area contributed by atoms with E-state index < -0.39 is 15.3 Å². The first-order valence-electron chi connectivity index (χ1n) is 10.2. The molecule has 0 saturated heterocycles. The molecule has 0 fully saturated rings. The van der Waals surface area contributed by atoms with Gasteiger partial charge in [-0.2, -0.15) is 4.68 Å². The molecule has 11 nitrogen and oxygen atoms in total. The summed E-state index contributed by atoms with van der Waals surface area (Å²) in [4.78, 5) is 12.9. The first-order valence-corrected chi connectivity index (χ1v) is 12.6. The van der Waals surface area contributed by atoms with Crippen molar-refractivity contribution < 1.29 is 17.7 Å². The van der Waals surface area contributed by atoms with Gasteiger partial charge in [0, 0.05) is 11.8 Å². The van der Waals surface area contributed by atoms with Crippen LogP contribution in [0, 0.1) is 6.92 Å². The first-order chi connectivity index (χ1) is 16.4. The van der Waals surface area contributed by atoms with Crippen LogP contribution in [0.25, 0.3) is 5.69 Å². The summed E-state index contributed by atoms with van der Waals surface area (Å²) in [6.45, 7) is 3.55. The maximum atomic E-state index is 12.9. The van der Waals surface area contributed by atoms with E-state index in [4.69, 9.17) is 4.52 Å². The molecule has 1 atom stereocenters. The first kappa shape index (κ1) is 23.4. The predicted octanol–water partition coefficient (Wildman–Crippen LogP) is 3.27. The van der Waals surface area contributed by atoms with Crippen LogP contribution < -0.4 is 10.0 Å². The summed E-state index contributed by atoms with van der Waals surface area (Å²) in [6, 6.07) is 16.7. The smallest absolute Gasteiger partial charge is 0.263 e. The maximum absolute atomic E-state index is 12.9. The highest BCUT2D eigenvalue weighted by Gasteiger charge is 2.23. The third kappa shape index (κ3) is 5.43. The molecule has 2 aromatic carbocycles. The number of nitrogens with one attached hydrogen (secondary N) is 2. The highest BCUT2D eigenvalue weighted by Crippen LogP contribution is 2.26. The van der Waals surface area contributed by atoms with Crippen LogP contribution in [0.3, 0.4) is 0 Å². The van der Waals surface area contributed by atoms with Gasteiger partial charge in [0.05, 0.1) is 15.8 Å². The molecule has 0 aliphatic carbocycles. The van der Waals surface area contributed by atoms with Crippen molar-refractivity contribution in [2.24, 2.45) is 0 Å². The Balaban J connectivity index is 1.42. The molecule has 0 radical (unpaired) electrons. The molecule has 1 amide bonds. The number of benzene rings is 2. The van der Waals surface area contributed by atoms with E-state index in [1.54, 1.807) is 11.6 Å². The number of aromatic nitrogens is 5. The number of hydrogen-bond donors (Lipinski definition) is 2. The minimum absolute atomic E-state index is 0.0228. The molecule has 0 aliphatic rings. The lowest BCUT2D eigenvalue weighted by Gasteiger charge is -2.14. The molecule has 0 aliphatic heterocycles. The number of sulfonamides is 1. The lowest BCUT2D eigenvalue weighted by molar-refractivity contribution is -0.115. The van der Waals surface area contributed by atoms with Crippen molar-refractivity contribution in [3.63, 3.8) is 0 Å². The standard InChI is InChI=1S/C21H21N7O4S2/c1-3-18(33-21-23-26-27-28(21)16-7-5-4-6-8-16)20(29)22-15-9-11-17(12-10-15)34(30,31)25-19-13-14(2)32-24-19/h4-13,18H,3H2,1-2H3,(H,22,29)(H,24,25). The predicted molar refractivity (Wildman–Crippen MR) is 126 cm³/mol. The molecule has 4 rings (SSSR count). The normalized spacial score (nSPS) is 12.3. The van der Waals surface area contributed by atoms with E-state index in [-0.39, 0.29) is 16.6 Å². The van der Waals surface area contributed by atoms with Crippen LogP contribution in [0.5, 0.6) is 0 Å². The number of anilines is 2. The van der Waals surface area contributed by atoms with Crippen LogP contribution in [0.15, 0.2) is 75.2 Å². The zero-order valence-corrected chi connectivity index (χ0v) is 19.9. The van der Waals surface area contributed by atoms with Gasteiger partial charge in [-0.05, 0) is 60.2 Å². The van der Waals surface area contributed by atoms with Crippen molar-refractivity contribution in [3.05, 3.63) is 66.4 Å². The summed E-state index contributed by atoms with van der Waals surface area (Å²) in [5.74, 6) is 0.328. The monoisotopic (exact) mass is 499 g/mol. The number of rotatable bonds is 9. The topological polar surface area (TPSA) is 145 Å². The number of thioether (sulfide) groups is 1. The summed E-state index contributed by atoms with van der Waals surface area (Å²) in [5.41, 5.74) is 1.25. The van der Waals surface area contributed by atoms with Crippen molar-refractivity contribution >= 4 is 39.2 Å². The van der Waals surface area contributed by atoms with Crippen LogP contribution in [-0.2, 0) is 14.8 Å². The maximum Gasteiger partial charge on any atom is 0.263 e. The average Bonchev–Trinajstić information content (AvgIpc) is 3.46. The molecule has 1 unspecified atom stereocenters. The Hall–Kier alpha value is -3.71. The Morgan fingerprint density at radius 1 is 1.15 bits per heavy atom. The number of amides is 1. The molecule has 0 saturated carbocycles. The Morgan fingerprint density at radius 3 is 2.53 bits per heavy atom. The lowest BCUT2D eigenvalue weighted by atomic mass is 10.3. The highest BCUT2D eigenvalue weighted by atomic mass is 32.2. The van der Waals surface area contributed by atoms with Gasteiger partial charge in [-0.25, -0.2) is 8.42 Å². The van der Waals surface area contributed by atoms with Crippen LogP contribution in [-0.4, -0.2) is 44.9 Å². The molecule has 34 heavy (non-hydrogen) atoms. The quantitative estimate of drug-likeness (QED) is 0.331. The van der Waals surface area contributed by atoms with Crippen molar-refractivity contribution in [1.29, 1.82) is 0 Å². The average molecular weight is 500 g/mol. The second-order valence-electron chi connectivity index (χ2n) is 7.17. The number of nitrogens with zero attached hydrogens (tertiary/aromatic N) is 5. The van der Waals surface area contributed by atoms with Gasteiger partial charge < -0.3 is 9.84 Å². The molecule has 0 bridgehead atoms. The summed E-state index contributed by atoms with van der Waals surface area (Å²) < 4.78 is 33.8. The Morgan fingerprint density at radius 2 is 1.88 bits per heavy atom. The molecular formula is C21H21N7O4S2. The third-order valence-corrected chi connectivity index (χ3v) is 7.32. The Bertz CT molecular complexity index is 1370. The second-order valence-corrected chi connectivity index (χ2v) is 10.0. The molecule has 4 aromatic rings. The largest absolute Gasteiger partial charge is 0.360 e. The molecule has 2 N–H and O–H groups in total. The van der Waals surface area contributed by atoms with E-state index in [0.29, 0.717) is 23.0 Å². The van der Waals surface area contributed by atoms with E-state index >= 15 is 0 Å². The molecular weight excluding hydrogens is 478 g/mol. The fraction of sp³-hybridized carbons (Fsp3) is 0.190. The van der Waals surface area contributed by atoms with Gasteiger partial charge in [0.2, 0.25) is 11.1 Å². The van der Waals surface area contributed by atoms with Crippen molar-refractivity contribution in [2.75, 3.05) is 10.0 Å². The zero-order chi connectivity index (χ0) is 24.1. The molecule has 2 heterocycles. The lowest BCUT2D eigenvalue weighted by Crippen LogP contribution is -2.25. The number of hydrogen-bond acceptors (Lipinski definition) is 9. The Kier molecular flexibility index (Phi) is 6.93. The minimum Gasteiger partial charge on any atom is -0.360 e. The van der Waals surface area contributed by atoms with E-state index in [9.17, 15) is 13.2 Å².